The first-order chi connectivity index (χ1) is 25.0. The standard InChI is InChI=1S/C45H69N3O4S/c1-32(2)35-15-20-45(46-23-24-47-25-27-48(28-26-47)29-30-53(8,50)51)22-21-43(6)37(40(35)45)13-14-39-42(5)18-16-36(33-9-11-34(12-10-33)52-31-49)41(3,4)38(42)17-19-44(39,43)7/h9-12,16,31,35,37-40,46H,1,13-15,17-30H2,2-8H3/t35-,37+,38-,39+,40+,42-,43+,44+,45-/m0/s1. The van der Waals surface area contributed by atoms with Crippen LogP contribution in [0.25, 0.3) is 5.57 Å². The summed E-state index contributed by atoms with van der Waals surface area (Å²) in [6.07, 6.45) is 15.5. The molecule has 4 saturated carbocycles. The van der Waals surface area contributed by atoms with Crippen LogP contribution in [0.3, 0.4) is 0 Å². The van der Waals surface area contributed by atoms with Crippen molar-refractivity contribution in [3.05, 3.63) is 48.1 Å². The van der Waals surface area contributed by atoms with Crippen LogP contribution in [0.15, 0.2) is 42.5 Å². The van der Waals surface area contributed by atoms with Crippen LogP contribution in [0.5, 0.6) is 5.75 Å². The second kappa shape index (κ2) is 14.2. The van der Waals surface area contributed by atoms with Crippen LogP contribution in [0, 0.1) is 51.2 Å². The van der Waals surface area contributed by atoms with Gasteiger partial charge in [-0.1, -0.05) is 65.0 Å². The van der Waals surface area contributed by atoms with Crippen molar-refractivity contribution in [1.29, 1.82) is 0 Å². The predicted molar refractivity (Wildman–Crippen MR) is 216 cm³/mol. The molecular weight excluding hydrogens is 679 g/mol. The number of sulfone groups is 1. The number of ether oxygens (including phenoxy) is 1. The van der Waals surface area contributed by atoms with Crippen molar-refractivity contribution in [1.82, 2.24) is 15.1 Å². The van der Waals surface area contributed by atoms with E-state index in [1.165, 1.54) is 74.3 Å². The SMILES string of the molecule is C=C(C)[C@@H]1CC[C@]2(NCCN3CCN(CCS(C)(=O)=O)CC3)CC[C@]3(C)[C@H](CC[C@@H]4[C@@]5(C)CC=C(c6ccc(OC=O)cc6)C(C)(C)[C@@H]5CC[C@]43C)[C@@H]12. The number of nitrogens with zero attached hydrogens (tertiary/aromatic N) is 2. The van der Waals surface area contributed by atoms with Crippen molar-refractivity contribution in [2.24, 2.45) is 51.2 Å². The first-order valence-corrected chi connectivity index (χ1v) is 23.0. The van der Waals surface area contributed by atoms with E-state index in [1.54, 1.807) is 0 Å². The number of carbonyl (C=O) groups excluding carboxylic acids is 1. The topological polar surface area (TPSA) is 78.9 Å². The lowest BCUT2D eigenvalue weighted by Gasteiger charge is -2.72. The molecule has 7 rings (SSSR count). The third-order valence-corrected chi connectivity index (χ3v) is 18.1. The van der Waals surface area contributed by atoms with Gasteiger partial charge in [-0.15, -0.1) is 0 Å². The van der Waals surface area contributed by atoms with Gasteiger partial charge in [0.15, 0.2) is 0 Å². The van der Waals surface area contributed by atoms with Gasteiger partial charge in [0, 0.05) is 57.6 Å². The van der Waals surface area contributed by atoms with Crippen LogP contribution >= 0.6 is 0 Å². The minimum atomic E-state index is -2.92. The van der Waals surface area contributed by atoms with Crippen molar-refractivity contribution >= 4 is 21.9 Å². The number of piperazine rings is 1. The van der Waals surface area contributed by atoms with Crippen molar-refractivity contribution in [3.8, 4) is 5.75 Å². The Morgan fingerprint density at radius 3 is 2.21 bits per heavy atom. The summed E-state index contributed by atoms with van der Waals surface area (Å²) in [6.45, 7) is 27.3. The maximum Gasteiger partial charge on any atom is 0.298 e. The Morgan fingerprint density at radius 1 is 0.887 bits per heavy atom. The highest BCUT2D eigenvalue weighted by molar-refractivity contribution is 7.90. The number of carbonyl (C=O) groups is 1. The number of hydrogen-bond acceptors (Lipinski definition) is 7. The highest BCUT2D eigenvalue weighted by Gasteiger charge is 2.70. The number of benzene rings is 1. The zero-order valence-corrected chi connectivity index (χ0v) is 34.8. The molecule has 1 N–H and O–H groups in total. The molecule has 1 aromatic rings. The molecule has 0 radical (unpaired) electrons. The molecule has 0 aromatic heterocycles. The van der Waals surface area contributed by atoms with Gasteiger partial charge in [0.25, 0.3) is 6.47 Å². The largest absolute Gasteiger partial charge is 0.429 e. The number of fused-ring (bicyclic) bond motifs is 7. The van der Waals surface area contributed by atoms with E-state index in [9.17, 15) is 13.2 Å². The molecule has 1 heterocycles. The maximum atomic E-state index is 11.7. The summed E-state index contributed by atoms with van der Waals surface area (Å²) in [4.78, 5) is 15.8. The molecule has 1 aliphatic heterocycles. The van der Waals surface area contributed by atoms with Crippen LogP contribution in [-0.2, 0) is 14.6 Å². The zero-order chi connectivity index (χ0) is 38.0. The van der Waals surface area contributed by atoms with E-state index in [4.69, 9.17) is 4.74 Å². The van der Waals surface area contributed by atoms with E-state index < -0.39 is 9.84 Å². The summed E-state index contributed by atoms with van der Waals surface area (Å²) in [5.41, 5.74) is 5.25. The highest BCUT2D eigenvalue weighted by atomic mass is 32.2. The average molecular weight is 748 g/mol. The molecule has 1 aromatic carbocycles. The van der Waals surface area contributed by atoms with E-state index in [1.807, 2.05) is 12.1 Å². The van der Waals surface area contributed by atoms with Crippen molar-refractivity contribution in [2.45, 2.75) is 105 Å². The smallest absolute Gasteiger partial charge is 0.298 e. The van der Waals surface area contributed by atoms with Crippen LogP contribution in [0.4, 0.5) is 0 Å². The highest BCUT2D eigenvalue weighted by Crippen LogP contribution is 2.76. The number of hydrogen-bond donors (Lipinski definition) is 1. The van der Waals surface area contributed by atoms with Gasteiger partial charge in [-0.25, -0.2) is 8.42 Å². The zero-order valence-electron chi connectivity index (χ0n) is 34.0. The minimum Gasteiger partial charge on any atom is -0.429 e. The Balaban J connectivity index is 1.08. The molecule has 0 amide bonds. The van der Waals surface area contributed by atoms with E-state index in [-0.39, 0.29) is 22.1 Å². The van der Waals surface area contributed by atoms with Crippen LogP contribution in [-0.4, -0.2) is 88.1 Å². The summed E-state index contributed by atoms with van der Waals surface area (Å²) < 4.78 is 28.5. The van der Waals surface area contributed by atoms with Crippen molar-refractivity contribution in [3.63, 3.8) is 0 Å². The number of nitrogens with one attached hydrogen (secondary N) is 1. The Bertz CT molecular complexity index is 1680. The Hall–Kier alpha value is -2.00. The fraction of sp³-hybridized carbons (Fsp3) is 0.756. The summed E-state index contributed by atoms with van der Waals surface area (Å²) in [5, 5.41) is 4.31. The van der Waals surface area contributed by atoms with E-state index in [0.717, 1.165) is 45.7 Å². The predicted octanol–water partition coefficient (Wildman–Crippen LogP) is 7.88. The van der Waals surface area contributed by atoms with Crippen molar-refractivity contribution in [2.75, 3.05) is 57.8 Å². The Kier molecular flexibility index (Phi) is 10.5. The molecule has 0 bridgehead atoms. The van der Waals surface area contributed by atoms with Gasteiger partial charge < -0.3 is 10.1 Å². The quantitative estimate of drug-likeness (QED) is 0.182. The normalized spacial score (nSPS) is 39.9. The second-order valence-electron chi connectivity index (χ2n) is 19.9. The third kappa shape index (κ3) is 6.71. The molecule has 5 fully saturated rings. The Morgan fingerprint density at radius 2 is 1.57 bits per heavy atom. The fourth-order valence-electron chi connectivity index (χ4n) is 14.3. The lowest BCUT2D eigenvalue weighted by atomic mass is 9.33. The van der Waals surface area contributed by atoms with Crippen LogP contribution in [0.2, 0.25) is 0 Å². The fourth-order valence-corrected chi connectivity index (χ4v) is 14.9. The van der Waals surface area contributed by atoms with Crippen molar-refractivity contribution < 1.29 is 17.9 Å². The summed E-state index contributed by atoms with van der Waals surface area (Å²) in [5.74, 6) is 4.14. The van der Waals surface area contributed by atoms with Gasteiger partial charge in [-0.3, -0.25) is 14.6 Å². The first-order valence-electron chi connectivity index (χ1n) is 20.9. The summed E-state index contributed by atoms with van der Waals surface area (Å²) >= 11 is 0. The van der Waals surface area contributed by atoms with Crippen LogP contribution in [0.1, 0.15) is 105 Å². The first kappa shape index (κ1) is 39.2. The lowest BCUT2D eigenvalue weighted by Crippen LogP contribution is -2.68. The summed E-state index contributed by atoms with van der Waals surface area (Å²) in [7, 11) is -2.92. The van der Waals surface area contributed by atoms with Gasteiger partial charge in [0.2, 0.25) is 0 Å². The minimum absolute atomic E-state index is 0.0596. The average Bonchev–Trinajstić information content (AvgIpc) is 3.48. The van der Waals surface area contributed by atoms with Gasteiger partial charge in [-0.05, 0) is 139 Å². The molecule has 1 saturated heterocycles. The molecular formula is C45H69N3O4S. The Labute approximate surface area is 321 Å². The molecule has 6 aliphatic rings. The number of rotatable bonds is 11. The molecule has 0 spiro atoms. The molecule has 8 heteroatoms. The number of allylic oxidation sites excluding steroid dienone is 3. The van der Waals surface area contributed by atoms with Gasteiger partial charge in [-0.2, -0.15) is 0 Å². The van der Waals surface area contributed by atoms with E-state index >= 15 is 0 Å². The van der Waals surface area contributed by atoms with E-state index in [0.29, 0.717) is 59.2 Å². The maximum absolute atomic E-state index is 11.7. The molecule has 9 atom stereocenters. The lowest BCUT2D eigenvalue weighted by molar-refractivity contribution is -0.219. The molecule has 53 heavy (non-hydrogen) atoms. The van der Waals surface area contributed by atoms with Crippen LogP contribution < -0.4 is 10.1 Å². The van der Waals surface area contributed by atoms with E-state index in [2.05, 4.69) is 81.4 Å². The second-order valence-corrected chi connectivity index (χ2v) is 22.1. The molecule has 294 valence electrons. The van der Waals surface area contributed by atoms with Gasteiger partial charge in [0.1, 0.15) is 15.6 Å². The molecule has 5 aliphatic carbocycles. The third-order valence-electron chi connectivity index (χ3n) is 17.1. The van der Waals surface area contributed by atoms with Gasteiger partial charge >= 0.3 is 0 Å². The van der Waals surface area contributed by atoms with Gasteiger partial charge in [0.05, 0.1) is 5.75 Å². The monoisotopic (exact) mass is 748 g/mol. The summed E-state index contributed by atoms with van der Waals surface area (Å²) in [6, 6.07) is 8.14. The molecule has 0 unspecified atom stereocenters. The molecule has 7 nitrogen and oxygen atoms in total.